The fraction of sp³-hybridized carbons (Fsp3) is 0.450. The third-order valence-corrected chi connectivity index (χ3v) is 10.6. The average Bonchev–Trinajstić information content (AvgIpc) is 3.02. The number of thiophene rings is 1. The molecule has 1 N–H and O–H groups in total. The van der Waals surface area contributed by atoms with E-state index in [0.29, 0.717) is 18.0 Å². The predicted molar refractivity (Wildman–Crippen MR) is 113 cm³/mol. The van der Waals surface area contributed by atoms with Gasteiger partial charge in [-0.3, -0.25) is 0 Å². The number of hydrogen-bond donors (Lipinski definition) is 1. The lowest BCUT2D eigenvalue weighted by Gasteiger charge is -2.36. The summed E-state index contributed by atoms with van der Waals surface area (Å²) >= 11 is 1.44. The number of rotatable bonds is 7. The zero-order valence-electron chi connectivity index (χ0n) is 16.5. The van der Waals surface area contributed by atoms with Crippen molar-refractivity contribution < 1.29 is 14.0 Å². The lowest BCUT2D eigenvalue weighted by atomic mass is 10.2. The van der Waals surface area contributed by atoms with Gasteiger partial charge in [-0.05, 0) is 29.8 Å². The molecule has 0 saturated heterocycles. The van der Waals surface area contributed by atoms with Crippen molar-refractivity contribution in [2.75, 3.05) is 25.6 Å². The number of ether oxygens (including phenoxy) is 1. The van der Waals surface area contributed by atoms with Crippen LogP contribution in [-0.2, 0) is 9.16 Å². The van der Waals surface area contributed by atoms with E-state index in [2.05, 4.69) is 39.2 Å². The van der Waals surface area contributed by atoms with Gasteiger partial charge in [-0.15, -0.1) is 11.3 Å². The number of carbonyl (C=O) groups is 1. The van der Waals surface area contributed by atoms with Crippen LogP contribution in [0.1, 0.15) is 30.4 Å². The molecular weight excluding hydrogens is 362 g/mol. The minimum Gasteiger partial charge on any atom is -0.465 e. The van der Waals surface area contributed by atoms with E-state index in [1.807, 2.05) is 36.4 Å². The van der Waals surface area contributed by atoms with Crippen molar-refractivity contribution in [1.29, 1.82) is 0 Å². The second-order valence-corrected chi connectivity index (χ2v) is 13.6. The van der Waals surface area contributed by atoms with E-state index in [-0.39, 0.29) is 11.0 Å². The Labute approximate surface area is 161 Å². The van der Waals surface area contributed by atoms with E-state index in [1.54, 1.807) is 0 Å². The molecule has 0 radical (unpaired) electrons. The Balaban J connectivity index is 2.08. The van der Waals surface area contributed by atoms with E-state index < -0.39 is 8.32 Å². The fourth-order valence-corrected chi connectivity index (χ4v) is 4.32. The van der Waals surface area contributed by atoms with Crippen LogP contribution < -0.4 is 5.32 Å². The van der Waals surface area contributed by atoms with E-state index in [4.69, 9.17) is 9.16 Å². The molecule has 0 fully saturated rings. The van der Waals surface area contributed by atoms with Crippen LogP contribution in [0.15, 0.2) is 36.4 Å². The maximum atomic E-state index is 12.1. The summed E-state index contributed by atoms with van der Waals surface area (Å²) in [4.78, 5) is 13.8. The smallest absolute Gasteiger partial charge is 0.350 e. The largest absolute Gasteiger partial charge is 0.465 e. The van der Waals surface area contributed by atoms with Gasteiger partial charge < -0.3 is 14.5 Å². The number of hydrogen-bond acceptors (Lipinski definition) is 5. The molecule has 2 rings (SSSR count). The minimum atomic E-state index is -1.76. The summed E-state index contributed by atoms with van der Waals surface area (Å²) in [5.74, 6) is -0.315. The van der Waals surface area contributed by atoms with Gasteiger partial charge in [0, 0.05) is 11.4 Å². The molecule has 1 aromatic heterocycles. The van der Waals surface area contributed by atoms with Crippen molar-refractivity contribution in [3.8, 4) is 10.4 Å². The second-order valence-electron chi connectivity index (χ2n) is 7.75. The van der Waals surface area contributed by atoms with Gasteiger partial charge in [-0.1, -0.05) is 51.1 Å². The molecule has 0 saturated carbocycles. The number of anilines is 1. The first-order valence-electron chi connectivity index (χ1n) is 8.81. The first-order valence-corrected chi connectivity index (χ1v) is 12.5. The van der Waals surface area contributed by atoms with Gasteiger partial charge in [0.15, 0.2) is 8.32 Å². The molecule has 1 heterocycles. The number of methoxy groups -OCH3 is 1. The number of nitrogens with one attached hydrogen (secondary N) is 1. The van der Waals surface area contributed by atoms with Crippen LogP contribution in [0.25, 0.3) is 10.4 Å². The van der Waals surface area contributed by atoms with Gasteiger partial charge >= 0.3 is 5.97 Å². The third-order valence-electron chi connectivity index (χ3n) is 4.85. The van der Waals surface area contributed by atoms with Crippen molar-refractivity contribution in [3.63, 3.8) is 0 Å². The van der Waals surface area contributed by atoms with Crippen LogP contribution in [0.5, 0.6) is 0 Å². The van der Waals surface area contributed by atoms with Crippen LogP contribution >= 0.6 is 11.3 Å². The summed E-state index contributed by atoms with van der Waals surface area (Å²) in [5.41, 5.74) is 1.90. The number of carbonyl (C=O) groups excluding carboxylic acids is 1. The number of benzene rings is 1. The Morgan fingerprint density at radius 2 is 1.85 bits per heavy atom. The SMILES string of the molecule is COC(=O)c1sc(-c2ccccc2)cc1NCCO[Si](C)(C)C(C)(C)C. The van der Waals surface area contributed by atoms with Gasteiger partial charge in [-0.25, -0.2) is 4.79 Å². The maximum absolute atomic E-state index is 12.1. The highest BCUT2D eigenvalue weighted by atomic mass is 32.1. The van der Waals surface area contributed by atoms with Crippen LogP contribution in [0.3, 0.4) is 0 Å². The fourth-order valence-electron chi connectivity index (χ4n) is 2.22. The van der Waals surface area contributed by atoms with Crippen LogP contribution in [0.4, 0.5) is 5.69 Å². The van der Waals surface area contributed by atoms with Gasteiger partial charge in [0.05, 0.1) is 19.4 Å². The first-order chi connectivity index (χ1) is 12.2. The summed E-state index contributed by atoms with van der Waals surface area (Å²) < 4.78 is 11.1. The highest BCUT2D eigenvalue weighted by molar-refractivity contribution is 7.18. The molecule has 0 amide bonds. The molecule has 0 aliphatic carbocycles. The van der Waals surface area contributed by atoms with Gasteiger partial charge in [-0.2, -0.15) is 0 Å². The predicted octanol–water partition coefficient (Wildman–Crippen LogP) is 5.64. The molecule has 0 aliphatic heterocycles. The van der Waals surface area contributed by atoms with Crippen molar-refractivity contribution in [2.24, 2.45) is 0 Å². The summed E-state index contributed by atoms with van der Waals surface area (Å²) in [7, 11) is -0.351. The molecule has 142 valence electrons. The Kier molecular flexibility index (Phi) is 6.66. The van der Waals surface area contributed by atoms with E-state index >= 15 is 0 Å². The lowest BCUT2D eigenvalue weighted by molar-refractivity contribution is 0.0607. The lowest BCUT2D eigenvalue weighted by Crippen LogP contribution is -2.41. The topological polar surface area (TPSA) is 47.6 Å². The first kappa shape index (κ1) is 20.7. The molecule has 26 heavy (non-hydrogen) atoms. The average molecular weight is 392 g/mol. The molecule has 2 aromatic rings. The normalized spacial score (nSPS) is 12.1. The maximum Gasteiger partial charge on any atom is 0.350 e. The van der Waals surface area contributed by atoms with Crippen molar-refractivity contribution in [3.05, 3.63) is 41.3 Å². The van der Waals surface area contributed by atoms with Crippen LogP contribution in [0.2, 0.25) is 18.1 Å². The van der Waals surface area contributed by atoms with Crippen molar-refractivity contribution >= 4 is 31.3 Å². The van der Waals surface area contributed by atoms with Gasteiger partial charge in [0.25, 0.3) is 0 Å². The Morgan fingerprint density at radius 3 is 2.42 bits per heavy atom. The molecule has 0 bridgehead atoms. The third kappa shape index (κ3) is 4.96. The van der Waals surface area contributed by atoms with E-state index in [9.17, 15) is 4.79 Å². The van der Waals surface area contributed by atoms with Gasteiger partial charge in [0.1, 0.15) is 4.88 Å². The summed E-state index contributed by atoms with van der Waals surface area (Å²) in [6.07, 6.45) is 0. The zero-order chi connectivity index (χ0) is 19.4. The standard InChI is InChI=1S/C20H29NO3SSi/c1-20(2,3)26(5,6)24-13-12-21-16-14-17(15-10-8-7-9-11-15)25-18(16)19(22)23-4/h7-11,14,21H,12-13H2,1-6H3. The molecule has 1 aromatic carbocycles. The van der Waals surface area contributed by atoms with E-state index in [1.165, 1.54) is 18.4 Å². The Bertz CT molecular complexity index is 735. The quantitative estimate of drug-likeness (QED) is 0.377. The minimum absolute atomic E-state index is 0.188. The van der Waals surface area contributed by atoms with Crippen molar-refractivity contribution in [1.82, 2.24) is 0 Å². The monoisotopic (exact) mass is 391 g/mol. The molecule has 6 heteroatoms. The van der Waals surface area contributed by atoms with E-state index in [0.717, 1.165) is 16.1 Å². The van der Waals surface area contributed by atoms with Crippen molar-refractivity contribution in [2.45, 2.75) is 38.9 Å². The molecule has 0 unspecified atom stereocenters. The summed E-state index contributed by atoms with van der Waals surface area (Å²) in [5, 5.41) is 3.54. The summed E-state index contributed by atoms with van der Waals surface area (Å²) in [6, 6.07) is 12.1. The highest BCUT2D eigenvalue weighted by Gasteiger charge is 2.36. The Morgan fingerprint density at radius 1 is 1.19 bits per heavy atom. The molecule has 4 nitrogen and oxygen atoms in total. The molecule has 0 spiro atoms. The highest BCUT2D eigenvalue weighted by Crippen LogP contribution is 2.37. The molecule has 0 atom stereocenters. The molecule has 0 aliphatic rings. The van der Waals surface area contributed by atoms with Crippen LogP contribution in [0, 0.1) is 0 Å². The van der Waals surface area contributed by atoms with Gasteiger partial charge in [0.2, 0.25) is 0 Å². The van der Waals surface area contributed by atoms with Crippen LogP contribution in [-0.4, -0.2) is 34.5 Å². The zero-order valence-corrected chi connectivity index (χ0v) is 18.3. The molecular formula is C20H29NO3SSi. The second kappa shape index (κ2) is 8.37. The number of esters is 1. The Hall–Kier alpha value is -1.63. The summed E-state index contributed by atoms with van der Waals surface area (Å²) in [6.45, 7) is 12.4.